The van der Waals surface area contributed by atoms with E-state index in [0.29, 0.717) is 22.3 Å². The maximum Gasteiger partial charge on any atom is 0.129 e. The van der Waals surface area contributed by atoms with Gasteiger partial charge < -0.3 is 0 Å². The standard InChI is InChI=1S/C24H24F2.C23H22F2.C22H20F2.C21H18F2/c1-3-4-5-6-18-7-9-19(10-8-18)20-11-13-21(14-12-20)22-15-23(25)17(2)24(26)16-22;1-3-4-5-17-6-8-18(9-7-17)19-10-12-20(13-11-19)21-14-22(24)16(2)23(25)15-21;1-3-4-16-5-7-17(8-6-16)18-9-11-19(12-10-18)20-13-21(23)15(2)22(24)14-20;1-3-15-4-6-16(7-5-15)17-8-10-18(11-9-17)19-12-20(22)14(2)21(23)13-19/h7-16H,3-6H2,1-2H3;6-15H,3-5H2,1-2H3;5-14H,3-4H2,1-2H3;4-13H,3H2,1-2H3. The minimum atomic E-state index is -0.515. The van der Waals surface area contributed by atoms with Gasteiger partial charge in [-0.25, -0.2) is 35.1 Å². The van der Waals surface area contributed by atoms with E-state index in [1.54, 1.807) is 0 Å². The molecule has 0 N–H and O–H groups in total. The Labute approximate surface area is 574 Å². The molecule has 0 saturated heterocycles. The molecule has 0 aromatic heterocycles. The van der Waals surface area contributed by atoms with Crippen LogP contribution in [0.4, 0.5) is 35.1 Å². The van der Waals surface area contributed by atoms with Crippen molar-refractivity contribution in [2.24, 2.45) is 0 Å². The molecular weight excluding hydrogens is 1230 g/mol. The zero-order valence-electron chi connectivity index (χ0n) is 57.2. The molecule has 0 amide bonds. The quantitative estimate of drug-likeness (QED) is 0.0593. The lowest BCUT2D eigenvalue weighted by molar-refractivity contribution is 0.568. The van der Waals surface area contributed by atoms with Crippen LogP contribution in [0.3, 0.4) is 0 Å². The molecule has 0 aliphatic rings. The van der Waals surface area contributed by atoms with Crippen molar-refractivity contribution < 1.29 is 35.1 Å². The molecule has 0 atom stereocenters. The second-order valence-electron chi connectivity index (χ2n) is 25.0. The third-order valence-electron chi connectivity index (χ3n) is 18.0. The SMILES string of the molecule is CCCCCc1ccc(-c2ccc(-c3cc(F)c(C)c(F)c3)cc2)cc1.CCCCc1ccc(-c2ccc(-c3cc(F)c(C)c(F)c3)cc2)cc1.CCCc1ccc(-c2ccc(-c3cc(F)c(C)c(F)c3)cc2)cc1.CCc1ccc(-c2ccc(-c3cc(F)c(C)c(F)c3)cc2)cc1. The molecule has 0 radical (unpaired) electrons. The zero-order chi connectivity index (χ0) is 69.8. The van der Waals surface area contributed by atoms with Crippen molar-refractivity contribution in [2.45, 2.75) is 120 Å². The molecule has 0 fully saturated rings. The summed E-state index contributed by atoms with van der Waals surface area (Å²) in [5, 5.41) is 0. The van der Waals surface area contributed by atoms with Gasteiger partial charge in [-0.15, -0.1) is 0 Å². The lowest BCUT2D eigenvalue weighted by Gasteiger charge is -2.08. The van der Waals surface area contributed by atoms with Crippen molar-refractivity contribution in [1.82, 2.24) is 0 Å². The summed E-state index contributed by atoms with van der Waals surface area (Å²) in [4.78, 5) is 0. The lowest BCUT2D eigenvalue weighted by Crippen LogP contribution is -1.90. The van der Waals surface area contributed by atoms with Gasteiger partial charge in [0.1, 0.15) is 46.5 Å². The summed E-state index contributed by atoms with van der Waals surface area (Å²) >= 11 is 0. The molecule has 12 rings (SSSR count). The van der Waals surface area contributed by atoms with E-state index in [4.69, 9.17) is 0 Å². The monoisotopic (exact) mass is 1320 g/mol. The first-order valence-electron chi connectivity index (χ1n) is 33.9. The van der Waals surface area contributed by atoms with Crippen molar-refractivity contribution in [2.75, 3.05) is 0 Å². The van der Waals surface area contributed by atoms with E-state index < -0.39 is 46.5 Å². The van der Waals surface area contributed by atoms with Crippen molar-refractivity contribution >= 4 is 0 Å². The van der Waals surface area contributed by atoms with Gasteiger partial charge >= 0.3 is 0 Å². The summed E-state index contributed by atoms with van der Waals surface area (Å²) in [5.74, 6) is -4.10. The maximum atomic E-state index is 13.8. The Morgan fingerprint density at radius 3 is 0.551 bits per heavy atom. The van der Waals surface area contributed by atoms with E-state index in [-0.39, 0.29) is 22.3 Å². The van der Waals surface area contributed by atoms with Crippen LogP contribution in [0.15, 0.2) is 243 Å². The average Bonchev–Trinajstić information content (AvgIpc) is 0.853. The first-order valence-corrected chi connectivity index (χ1v) is 33.9. The van der Waals surface area contributed by atoms with Gasteiger partial charge in [-0.1, -0.05) is 248 Å². The Morgan fingerprint density at radius 1 is 0.184 bits per heavy atom. The number of unbranched alkanes of at least 4 members (excludes halogenated alkanes) is 3. The summed E-state index contributed by atoms with van der Waals surface area (Å²) in [6, 6.07) is 76.4. The van der Waals surface area contributed by atoms with E-state index in [1.807, 2.05) is 97.1 Å². The maximum absolute atomic E-state index is 13.8. The Bertz CT molecular complexity index is 4440. The smallest absolute Gasteiger partial charge is 0.129 e. The molecule has 12 aromatic rings. The number of halogens is 8. The van der Waals surface area contributed by atoms with Gasteiger partial charge in [-0.3, -0.25) is 0 Å². The van der Waals surface area contributed by atoms with Crippen LogP contribution >= 0.6 is 0 Å². The van der Waals surface area contributed by atoms with Crippen LogP contribution in [0, 0.1) is 74.2 Å². The minimum Gasteiger partial charge on any atom is -0.207 e. The molecule has 0 saturated carbocycles. The summed E-state index contributed by atoms with van der Waals surface area (Å²) < 4.78 is 110. The van der Waals surface area contributed by atoms with Crippen LogP contribution < -0.4 is 0 Å². The van der Waals surface area contributed by atoms with Crippen LogP contribution in [0.25, 0.3) is 89.0 Å². The van der Waals surface area contributed by atoms with Crippen LogP contribution in [0.1, 0.15) is 111 Å². The van der Waals surface area contributed by atoms with Gasteiger partial charge in [-0.05, 0) is 226 Å². The van der Waals surface area contributed by atoms with Crippen LogP contribution in [0.2, 0.25) is 0 Å². The van der Waals surface area contributed by atoms with Gasteiger partial charge in [0, 0.05) is 22.3 Å². The normalized spacial score (nSPS) is 10.9. The fourth-order valence-electron chi connectivity index (χ4n) is 11.4. The predicted octanol–water partition coefficient (Wildman–Crippen LogP) is 27.0. The molecule has 0 unspecified atom stereocenters. The molecule has 0 heterocycles. The van der Waals surface area contributed by atoms with E-state index in [1.165, 1.54) is 131 Å². The molecule has 8 heteroatoms. The van der Waals surface area contributed by atoms with E-state index in [2.05, 4.69) is 125 Å². The van der Waals surface area contributed by atoms with Gasteiger partial charge in [0.2, 0.25) is 0 Å². The summed E-state index contributed by atoms with van der Waals surface area (Å²) in [7, 11) is 0. The van der Waals surface area contributed by atoms with Crippen LogP contribution in [0.5, 0.6) is 0 Å². The second kappa shape index (κ2) is 34.8. The molecule has 12 aromatic carbocycles. The lowest BCUT2D eigenvalue weighted by atomic mass is 9.98. The Morgan fingerprint density at radius 2 is 0.357 bits per heavy atom. The highest BCUT2D eigenvalue weighted by Crippen LogP contribution is 2.33. The molecule has 500 valence electrons. The summed E-state index contributed by atoms with van der Waals surface area (Å²) in [6.07, 6.45) is 11.6. The summed E-state index contributed by atoms with van der Waals surface area (Å²) in [5.41, 5.74) is 20.0. The fourth-order valence-corrected chi connectivity index (χ4v) is 11.4. The van der Waals surface area contributed by atoms with Crippen molar-refractivity contribution in [1.29, 1.82) is 0 Å². The molecule has 0 spiro atoms. The first kappa shape index (κ1) is 72.4. The van der Waals surface area contributed by atoms with Crippen molar-refractivity contribution in [3.63, 3.8) is 0 Å². The van der Waals surface area contributed by atoms with Crippen molar-refractivity contribution in [3.05, 3.63) is 334 Å². The summed E-state index contributed by atoms with van der Waals surface area (Å²) in [6.45, 7) is 14.5. The van der Waals surface area contributed by atoms with Crippen LogP contribution in [-0.4, -0.2) is 0 Å². The molecule has 98 heavy (non-hydrogen) atoms. The Balaban J connectivity index is 0.000000153. The van der Waals surface area contributed by atoms with Gasteiger partial charge in [0.25, 0.3) is 0 Å². The highest BCUT2D eigenvalue weighted by Gasteiger charge is 2.14. The van der Waals surface area contributed by atoms with E-state index in [9.17, 15) is 35.1 Å². The Hall–Kier alpha value is -9.92. The first-order chi connectivity index (χ1) is 47.3. The molecular formula is C90H84F8. The van der Waals surface area contributed by atoms with Gasteiger partial charge in [-0.2, -0.15) is 0 Å². The number of hydrogen-bond donors (Lipinski definition) is 0. The molecule has 0 nitrogen and oxygen atoms in total. The largest absolute Gasteiger partial charge is 0.207 e. The topological polar surface area (TPSA) is 0 Å². The fraction of sp³-hybridized carbons (Fsp3) is 0.200. The third-order valence-corrected chi connectivity index (χ3v) is 18.0. The van der Waals surface area contributed by atoms with Crippen molar-refractivity contribution in [3.8, 4) is 89.0 Å². The number of rotatable bonds is 18. The average molecular weight is 1320 g/mol. The third kappa shape index (κ3) is 19.2. The van der Waals surface area contributed by atoms with E-state index in [0.717, 1.165) is 98.9 Å². The predicted molar refractivity (Wildman–Crippen MR) is 393 cm³/mol. The number of aryl methyl sites for hydroxylation is 4. The minimum absolute atomic E-state index is 0.0568. The van der Waals surface area contributed by atoms with E-state index >= 15 is 0 Å². The van der Waals surface area contributed by atoms with Gasteiger partial charge in [0.15, 0.2) is 0 Å². The molecule has 0 aliphatic carbocycles. The highest BCUT2D eigenvalue weighted by molar-refractivity contribution is 5.75. The second-order valence-corrected chi connectivity index (χ2v) is 25.0. The van der Waals surface area contributed by atoms with Gasteiger partial charge in [0.05, 0.1) is 0 Å². The van der Waals surface area contributed by atoms with Crippen LogP contribution in [-0.2, 0) is 25.7 Å². The number of benzene rings is 12. The number of hydrogen-bond acceptors (Lipinski definition) is 0. The highest BCUT2D eigenvalue weighted by atomic mass is 19.2. The Kier molecular flexibility index (Phi) is 25.7. The molecule has 0 aliphatic heterocycles. The molecule has 0 bridgehead atoms. The zero-order valence-corrected chi connectivity index (χ0v) is 57.2.